The van der Waals surface area contributed by atoms with Crippen LogP contribution in [-0.2, 0) is 14.0 Å². The van der Waals surface area contributed by atoms with Gasteiger partial charge in [0.15, 0.2) is 8.32 Å². The summed E-state index contributed by atoms with van der Waals surface area (Å²) >= 11 is 0. The highest BCUT2D eigenvalue weighted by Gasteiger charge is 2.37. The van der Waals surface area contributed by atoms with Crippen LogP contribution in [-0.4, -0.2) is 66.9 Å². The molecule has 0 radical (unpaired) electrons. The summed E-state index contributed by atoms with van der Waals surface area (Å²) in [6.45, 7) is 11.9. The number of ether oxygens (including phenoxy) is 1. The second-order valence-electron chi connectivity index (χ2n) is 8.56. The molecule has 30 heavy (non-hydrogen) atoms. The lowest BCUT2D eigenvalue weighted by Crippen LogP contribution is -2.44. The second-order valence-corrected chi connectivity index (χ2v) is 13.4. The number of nitrogens with zero attached hydrogens (tertiary/aromatic N) is 4. The lowest BCUT2D eigenvalue weighted by Gasteiger charge is -2.36. The van der Waals surface area contributed by atoms with Crippen LogP contribution in [0.15, 0.2) is 36.7 Å². The van der Waals surface area contributed by atoms with E-state index in [0.29, 0.717) is 24.4 Å². The van der Waals surface area contributed by atoms with Gasteiger partial charge in [-0.05, 0) is 30.3 Å². The summed E-state index contributed by atoms with van der Waals surface area (Å²) in [5.74, 6) is -0.564. The van der Waals surface area contributed by atoms with Crippen molar-refractivity contribution in [3.8, 4) is 5.69 Å². The quantitative estimate of drug-likeness (QED) is 0.446. The molecule has 9 heteroatoms. The van der Waals surface area contributed by atoms with Crippen molar-refractivity contribution in [2.45, 2.75) is 45.3 Å². The minimum absolute atomic E-state index is 0.0756. The summed E-state index contributed by atoms with van der Waals surface area (Å²) in [4.78, 5) is 28.1. The summed E-state index contributed by atoms with van der Waals surface area (Å²) in [7, 11) is -0.605. The highest BCUT2D eigenvalue weighted by Crippen LogP contribution is 2.36. The first-order valence-corrected chi connectivity index (χ1v) is 12.9. The highest BCUT2D eigenvalue weighted by atomic mass is 28.4. The fourth-order valence-corrected chi connectivity index (χ4v) is 3.64. The van der Waals surface area contributed by atoms with E-state index >= 15 is 0 Å². The number of amides is 1. The second kappa shape index (κ2) is 9.99. The number of benzene rings is 1. The fraction of sp³-hybridized carbons (Fsp3) is 0.524. The topological polar surface area (TPSA) is 86.5 Å². The van der Waals surface area contributed by atoms with Gasteiger partial charge in [0, 0.05) is 13.1 Å². The van der Waals surface area contributed by atoms with Gasteiger partial charge in [-0.3, -0.25) is 9.59 Å². The molecule has 8 nitrogen and oxygen atoms in total. The number of aromatic nitrogens is 3. The van der Waals surface area contributed by atoms with E-state index in [1.807, 2.05) is 6.07 Å². The molecule has 0 aliphatic carbocycles. The average molecular weight is 433 g/mol. The Labute approximate surface area is 179 Å². The molecule has 1 heterocycles. The van der Waals surface area contributed by atoms with Crippen LogP contribution in [0.2, 0.25) is 18.1 Å². The molecular weight excluding hydrogens is 400 g/mol. The van der Waals surface area contributed by atoms with Crippen LogP contribution < -0.4 is 0 Å². The van der Waals surface area contributed by atoms with E-state index in [0.717, 1.165) is 0 Å². The molecular formula is C21H32N4O4Si. The molecule has 0 saturated heterocycles. The molecule has 0 atom stereocenters. The number of rotatable bonds is 9. The summed E-state index contributed by atoms with van der Waals surface area (Å²) in [5, 5.41) is 8.35. The van der Waals surface area contributed by atoms with Gasteiger partial charge >= 0.3 is 5.97 Å². The Morgan fingerprint density at radius 3 is 2.33 bits per heavy atom. The highest BCUT2D eigenvalue weighted by molar-refractivity contribution is 6.74. The normalized spacial score (nSPS) is 11.9. The smallest absolute Gasteiger partial charge is 0.307 e. The van der Waals surface area contributed by atoms with Crippen molar-refractivity contribution in [3.05, 3.63) is 42.2 Å². The van der Waals surface area contributed by atoms with Gasteiger partial charge in [-0.15, -0.1) is 0 Å². The van der Waals surface area contributed by atoms with Crippen molar-refractivity contribution in [2.75, 3.05) is 26.8 Å². The van der Waals surface area contributed by atoms with E-state index in [9.17, 15) is 9.59 Å². The standard InChI is InChI=1S/C21H32N4O4Si/c1-21(2,3)30(5,6)29-16-15-24(14-11-19(26)28-4)20(27)17-9-7-8-10-18(17)25-22-12-13-23-25/h7-10,12-13H,11,14-16H2,1-6H3. The molecule has 0 bridgehead atoms. The first-order valence-electron chi connectivity index (χ1n) is 10.0. The number of para-hydroxylation sites is 1. The van der Waals surface area contributed by atoms with Crippen LogP contribution >= 0.6 is 0 Å². The Bertz CT molecular complexity index is 847. The predicted molar refractivity (Wildman–Crippen MR) is 117 cm³/mol. The molecule has 164 valence electrons. The third-order valence-electron chi connectivity index (χ3n) is 5.50. The number of esters is 1. The Kier molecular flexibility index (Phi) is 7.91. The van der Waals surface area contributed by atoms with E-state index in [2.05, 4.69) is 44.1 Å². The number of hydrogen-bond acceptors (Lipinski definition) is 6. The van der Waals surface area contributed by atoms with Crippen molar-refractivity contribution in [1.82, 2.24) is 19.9 Å². The summed E-state index contributed by atoms with van der Waals surface area (Å²) in [6, 6.07) is 7.15. The zero-order valence-corrected chi connectivity index (χ0v) is 19.7. The largest absolute Gasteiger partial charge is 0.469 e. The molecule has 0 aliphatic rings. The van der Waals surface area contributed by atoms with Crippen LogP contribution in [0.3, 0.4) is 0 Å². The Hall–Kier alpha value is -2.52. The first-order chi connectivity index (χ1) is 14.1. The van der Waals surface area contributed by atoms with E-state index in [-0.39, 0.29) is 29.9 Å². The zero-order chi connectivity index (χ0) is 22.4. The van der Waals surface area contributed by atoms with E-state index < -0.39 is 8.32 Å². The van der Waals surface area contributed by atoms with Gasteiger partial charge in [0.2, 0.25) is 0 Å². The van der Waals surface area contributed by atoms with Gasteiger partial charge < -0.3 is 14.1 Å². The molecule has 0 fully saturated rings. The number of carbonyl (C=O) groups excluding carboxylic acids is 2. The van der Waals surface area contributed by atoms with Crippen LogP contribution in [0, 0.1) is 0 Å². The summed E-state index contributed by atoms with van der Waals surface area (Å²) in [5.41, 5.74) is 1.05. The SMILES string of the molecule is COC(=O)CCN(CCO[Si](C)(C)C(C)(C)C)C(=O)c1ccccc1-n1nccn1. The van der Waals surface area contributed by atoms with Gasteiger partial charge in [0.25, 0.3) is 5.91 Å². The fourth-order valence-electron chi connectivity index (χ4n) is 2.61. The van der Waals surface area contributed by atoms with Gasteiger partial charge in [-0.25, -0.2) is 0 Å². The Morgan fingerprint density at radius 1 is 1.10 bits per heavy atom. The molecule has 0 unspecified atom stereocenters. The van der Waals surface area contributed by atoms with Crippen molar-refractivity contribution >= 4 is 20.2 Å². The molecule has 2 aromatic rings. The van der Waals surface area contributed by atoms with Gasteiger partial charge in [-0.2, -0.15) is 15.0 Å². The average Bonchev–Trinajstić information content (AvgIpc) is 3.23. The maximum absolute atomic E-state index is 13.4. The zero-order valence-electron chi connectivity index (χ0n) is 18.7. The molecule has 0 spiro atoms. The maximum atomic E-state index is 13.4. The van der Waals surface area contributed by atoms with Crippen LogP contribution in [0.25, 0.3) is 5.69 Å². The van der Waals surface area contributed by atoms with Crippen LogP contribution in [0.4, 0.5) is 0 Å². The third kappa shape index (κ3) is 5.99. The Morgan fingerprint density at radius 2 is 1.73 bits per heavy atom. The van der Waals surface area contributed by atoms with Gasteiger partial charge in [0.05, 0.1) is 43.8 Å². The number of methoxy groups -OCH3 is 1. The molecule has 1 aromatic heterocycles. The molecule has 1 aromatic carbocycles. The third-order valence-corrected chi connectivity index (χ3v) is 10.0. The van der Waals surface area contributed by atoms with Crippen molar-refractivity contribution in [2.24, 2.45) is 0 Å². The molecule has 0 aliphatic heterocycles. The molecule has 0 saturated carbocycles. The maximum Gasteiger partial charge on any atom is 0.307 e. The molecule has 2 rings (SSSR count). The lowest BCUT2D eigenvalue weighted by atomic mass is 10.1. The van der Waals surface area contributed by atoms with Crippen molar-refractivity contribution in [3.63, 3.8) is 0 Å². The first kappa shape index (κ1) is 23.8. The van der Waals surface area contributed by atoms with Gasteiger partial charge in [0.1, 0.15) is 0 Å². The Balaban J connectivity index is 2.21. The number of hydrogen-bond donors (Lipinski definition) is 0. The van der Waals surface area contributed by atoms with Crippen molar-refractivity contribution in [1.29, 1.82) is 0 Å². The minimum Gasteiger partial charge on any atom is -0.469 e. The minimum atomic E-state index is -1.95. The molecule has 1 amide bonds. The van der Waals surface area contributed by atoms with Gasteiger partial charge in [-0.1, -0.05) is 32.9 Å². The number of carbonyl (C=O) groups is 2. The predicted octanol–water partition coefficient (Wildman–Crippen LogP) is 3.29. The summed E-state index contributed by atoms with van der Waals surface area (Å²) in [6.07, 6.45) is 3.23. The lowest BCUT2D eigenvalue weighted by molar-refractivity contribution is -0.140. The summed E-state index contributed by atoms with van der Waals surface area (Å²) < 4.78 is 11.0. The van der Waals surface area contributed by atoms with E-state index in [1.165, 1.54) is 11.9 Å². The van der Waals surface area contributed by atoms with Crippen LogP contribution in [0.5, 0.6) is 0 Å². The van der Waals surface area contributed by atoms with Crippen molar-refractivity contribution < 1.29 is 18.8 Å². The monoisotopic (exact) mass is 432 g/mol. The van der Waals surface area contributed by atoms with E-state index in [4.69, 9.17) is 9.16 Å². The van der Waals surface area contributed by atoms with Crippen LogP contribution in [0.1, 0.15) is 37.6 Å². The molecule has 0 N–H and O–H groups in total. The van der Waals surface area contributed by atoms with E-state index in [1.54, 1.807) is 35.5 Å².